The number of furan rings is 1. The summed E-state index contributed by atoms with van der Waals surface area (Å²) in [5, 5.41) is 0.998. The number of hydrogen-bond donors (Lipinski definition) is 0. The summed E-state index contributed by atoms with van der Waals surface area (Å²) in [6, 6.07) is 19.9. The predicted octanol–water partition coefficient (Wildman–Crippen LogP) is 6.36. The van der Waals surface area contributed by atoms with E-state index in [1.807, 2.05) is 92.0 Å². The number of aromatic nitrogens is 2. The van der Waals surface area contributed by atoms with E-state index in [1.165, 1.54) is 0 Å². The summed E-state index contributed by atoms with van der Waals surface area (Å²) < 4.78 is 8.13. The van der Waals surface area contributed by atoms with E-state index in [1.54, 1.807) is 11.8 Å². The van der Waals surface area contributed by atoms with Gasteiger partial charge in [0.05, 0.1) is 5.69 Å². The fourth-order valence-corrected chi connectivity index (χ4v) is 4.18. The molecule has 0 aliphatic rings. The monoisotopic (exact) mass is 409 g/mol. The molecule has 5 aromatic rings. The summed E-state index contributed by atoms with van der Waals surface area (Å²) in [5.41, 5.74) is 6.21. The highest BCUT2D eigenvalue weighted by Crippen LogP contribution is 2.40. The molecule has 31 heavy (non-hydrogen) atoms. The van der Waals surface area contributed by atoms with Crippen LogP contribution in [0.2, 0.25) is 0 Å². The molecule has 0 N–H and O–H groups in total. The van der Waals surface area contributed by atoms with E-state index in [2.05, 4.69) is 0 Å². The zero-order valence-electron chi connectivity index (χ0n) is 18.0. The van der Waals surface area contributed by atoms with Crippen molar-refractivity contribution in [3.8, 4) is 11.5 Å². The van der Waals surface area contributed by atoms with Gasteiger partial charge in [-0.1, -0.05) is 36.4 Å². The first-order valence-electron chi connectivity index (χ1n) is 10.3. The fourth-order valence-electron chi connectivity index (χ4n) is 4.18. The number of nitrogens with zero attached hydrogens (tertiary/aromatic N) is 3. The number of aryl methyl sites for hydroxylation is 3. The quantitative estimate of drug-likeness (QED) is 0.348. The second kappa shape index (κ2) is 7.13. The van der Waals surface area contributed by atoms with Crippen molar-refractivity contribution in [3.63, 3.8) is 0 Å². The number of para-hydroxylation sites is 2. The van der Waals surface area contributed by atoms with Gasteiger partial charge in [0.1, 0.15) is 16.9 Å². The van der Waals surface area contributed by atoms with Gasteiger partial charge in [-0.2, -0.15) is 0 Å². The number of carbonyl (C=O) groups is 1. The first kappa shape index (κ1) is 19.1. The topological polar surface area (TPSA) is 50.8 Å². The molecule has 5 heteroatoms. The molecular formula is C26H23N3O2. The van der Waals surface area contributed by atoms with Gasteiger partial charge in [0.2, 0.25) is 5.91 Å². The Morgan fingerprint density at radius 1 is 0.968 bits per heavy atom. The molecule has 5 nitrogen and oxygen atoms in total. The van der Waals surface area contributed by atoms with Crippen molar-refractivity contribution in [2.45, 2.75) is 27.7 Å². The number of pyridine rings is 1. The number of anilines is 2. The molecule has 2 aromatic carbocycles. The van der Waals surface area contributed by atoms with Crippen LogP contribution in [0.15, 0.2) is 71.3 Å². The summed E-state index contributed by atoms with van der Waals surface area (Å²) in [6.45, 7) is 7.66. The van der Waals surface area contributed by atoms with E-state index >= 15 is 0 Å². The Balaban J connectivity index is 1.86. The molecule has 1 amide bonds. The van der Waals surface area contributed by atoms with Gasteiger partial charge in [0.25, 0.3) is 0 Å². The third kappa shape index (κ3) is 3.10. The number of rotatable bonds is 3. The van der Waals surface area contributed by atoms with Gasteiger partial charge in [-0.05, 0) is 61.7 Å². The van der Waals surface area contributed by atoms with Crippen LogP contribution in [-0.2, 0) is 4.79 Å². The van der Waals surface area contributed by atoms with Gasteiger partial charge in [0, 0.05) is 18.5 Å². The van der Waals surface area contributed by atoms with E-state index in [0.29, 0.717) is 17.3 Å². The molecule has 0 bridgehead atoms. The number of imidazole rings is 1. The van der Waals surface area contributed by atoms with Gasteiger partial charge in [-0.3, -0.25) is 14.1 Å². The minimum atomic E-state index is -0.0860. The molecule has 0 spiro atoms. The molecule has 154 valence electrons. The SMILES string of the molecule is CC(=O)N(c1c(C)cccc1C)c1c(-c2cc3ccccc3o2)nc2cc(C)ccn12. The summed E-state index contributed by atoms with van der Waals surface area (Å²) in [6.07, 6.45) is 1.96. The molecule has 0 atom stereocenters. The van der Waals surface area contributed by atoms with E-state index in [9.17, 15) is 4.79 Å². The number of carbonyl (C=O) groups excluding carboxylic acids is 1. The van der Waals surface area contributed by atoms with Gasteiger partial charge in [-0.15, -0.1) is 0 Å². The van der Waals surface area contributed by atoms with Gasteiger partial charge in [-0.25, -0.2) is 4.98 Å². The number of benzene rings is 2. The summed E-state index contributed by atoms with van der Waals surface area (Å²) in [7, 11) is 0. The maximum atomic E-state index is 13.1. The van der Waals surface area contributed by atoms with E-state index in [0.717, 1.165) is 39.0 Å². The molecular weight excluding hydrogens is 386 g/mol. The van der Waals surface area contributed by atoms with Crippen molar-refractivity contribution in [2.75, 3.05) is 4.90 Å². The minimum absolute atomic E-state index is 0.0860. The van der Waals surface area contributed by atoms with Gasteiger partial charge in [0.15, 0.2) is 11.6 Å². The molecule has 0 saturated carbocycles. The van der Waals surface area contributed by atoms with Crippen LogP contribution in [0.1, 0.15) is 23.6 Å². The lowest BCUT2D eigenvalue weighted by molar-refractivity contribution is -0.115. The Hall–Kier alpha value is -3.86. The Labute approximate surface area is 180 Å². The number of hydrogen-bond acceptors (Lipinski definition) is 3. The number of fused-ring (bicyclic) bond motifs is 2. The lowest BCUT2D eigenvalue weighted by atomic mass is 10.1. The standard InChI is InChI=1S/C26H23N3O2/c1-16-12-13-28-23(14-16)27-24(22-15-20-10-5-6-11-21(20)31-22)26(28)29(19(4)30)25-17(2)8-7-9-18(25)3/h5-15H,1-4H3. The average molecular weight is 409 g/mol. The van der Waals surface area contributed by atoms with Crippen molar-refractivity contribution in [1.82, 2.24) is 9.38 Å². The molecule has 5 rings (SSSR count). The molecule has 0 aliphatic heterocycles. The van der Waals surface area contributed by atoms with Crippen molar-refractivity contribution < 1.29 is 9.21 Å². The third-order valence-electron chi connectivity index (χ3n) is 5.61. The van der Waals surface area contributed by atoms with Crippen LogP contribution in [0, 0.1) is 20.8 Å². The highest BCUT2D eigenvalue weighted by Gasteiger charge is 2.28. The molecule has 0 unspecified atom stereocenters. The van der Waals surface area contributed by atoms with Crippen LogP contribution >= 0.6 is 0 Å². The third-order valence-corrected chi connectivity index (χ3v) is 5.61. The molecule has 0 fully saturated rings. The Morgan fingerprint density at radius 3 is 2.42 bits per heavy atom. The van der Waals surface area contributed by atoms with Crippen LogP contribution < -0.4 is 4.90 Å². The van der Waals surface area contributed by atoms with Crippen molar-refractivity contribution in [2.24, 2.45) is 0 Å². The Bertz CT molecular complexity index is 1410. The molecule has 0 saturated heterocycles. The zero-order valence-corrected chi connectivity index (χ0v) is 18.0. The molecule has 3 aromatic heterocycles. The summed E-state index contributed by atoms with van der Waals surface area (Å²) in [4.78, 5) is 19.7. The van der Waals surface area contributed by atoms with Crippen LogP contribution in [0.25, 0.3) is 28.1 Å². The van der Waals surface area contributed by atoms with Crippen molar-refractivity contribution >= 4 is 34.0 Å². The minimum Gasteiger partial charge on any atom is -0.454 e. The maximum absolute atomic E-state index is 13.1. The summed E-state index contributed by atoms with van der Waals surface area (Å²) >= 11 is 0. The fraction of sp³-hybridized carbons (Fsp3) is 0.154. The lowest BCUT2D eigenvalue weighted by Crippen LogP contribution is -2.26. The van der Waals surface area contributed by atoms with Crippen LogP contribution in [0.4, 0.5) is 11.5 Å². The highest BCUT2D eigenvalue weighted by molar-refractivity contribution is 6.03. The highest BCUT2D eigenvalue weighted by atomic mass is 16.3. The number of amides is 1. The van der Waals surface area contributed by atoms with E-state index in [4.69, 9.17) is 9.40 Å². The van der Waals surface area contributed by atoms with E-state index in [-0.39, 0.29) is 5.91 Å². The van der Waals surface area contributed by atoms with Crippen LogP contribution in [-0.4, -0.2) is 15.3 Å². The average Bonchev–Trinajstić information content (AvgIpc) is 3.31. The van der Waals surface area contributed by atoms with Crippen molar-refractivity contribution in [1.29, 1.82) is 0 Å². The largest absolute Gasteiger partial charge is 0.454 e. The van der Waals surface area contributed by atoms with Crippen molar-refractivity contribution in [3.05, 3.63) is 83.6 Å². The maximum Gasteiger partial charge on any atom is 0.229 e. The van der Waals surface area contributed by atoms with Gasteiger partial charge < -0.3 is 4.42 Å². The Morgan fingerprint density at radius 2 is 1.71 bits per heavy atom. The lowest BCUT2D eigenvalue weighted by Gasteiger charge is -2.25. The smallest absolute Gasteiger partial charge is 0.229 e. The van der Waals surface area contributed by atoms with Crippen LogP contribution in [0.3, 0.4) is 0 Å². The normalized spacial score (nSPS) is 11.4. The van der Waals surface area contributed by atoms with Gasteiger partial charge >= 0.3 is 0 Å². The Kier molecular flexibility index (Phi) is 4.40. The zero-order chi connectivity index (χ0) is 21.7. The molecule has 0 radical (unpaired) electrons. The molecule has 3 heterocycles. The van der Waals surface area contributed by atoms with Crippen LogP contribution in [0.5, 0.6) is 0 Å². The predicted molar refractivity (Wildman–Crippen MR) is 124 cm³/mol. The first-order chi connectivity index (χ1) is 14.9. The first-order valence-corrected chi connectivity index (χ1v) is 10.3. The second-order valence-corrected chi connectivity index (χ2v) is 7.96. The second-order valence-electron chi connectivity index (χ2n) is 7.96. The molecule has 0 aliphatic carbocycles. The van der Waals surface area contributed by atoms with E-state index < -0.39 is 0 Å². The summed E-state index contributed by atoms with van der Waals surface area (Å²) in [5.74, 6) is 1.23.